The van der Waals surface area contributed by atoms with Crippen LogP contribution in [0.3, 0.4) is 0 Å². The summed E-state index contributed by atoms with van der Waals surface area (Å²) in [5.41, 5.74) is 5.40. The fourth-order valence-electron chi connectivity index (χ4n) is 0.129. The molecule has 0 rings (SSSR count). The quantitative estimate of drug-likeness (QED) is 0.553. The number of nitrogens with two attached hydrogens (primary N) is 1. The molecule has 1 atom stereocenters. The normalized spacial score (nSPS) is 12.4. The van der Waals surface area contributed by atoms with Crippen LogP contribution in [0.2, 0.25) is 0 Å². The van der Waals surface area contributed by atoms with Gasteiger partial charge in [-0.15, -0.1) is 12.4 Å². The molecule has 0 aliphatic rings. The van der Waals surface area contributed by atoms with Gasteiger partial charge in [-0.25, -0.2) is 0 Å². The minimum absolute atomic E-state index is 0. The minimum atomic E-state index is 0. The average Bonchev–Trinajstić information content (AvgIpc) is 1.65. The standard InChI is InChI=1S/C4H11NS.ClH/c1-2-4(5)3-6;/h4,6H,2-3,5H2,1H3;1H/t4-;/m0./s1. The summed E-state index contributed by atoms with van der Waals surface area (Å²) in [5, 5.41) is 0. The molecule has 0 unspecified atom stereocenters. The van der Waals surface area contributed by atoms with E-state index in [1.807, 2.05) is 0 Å². The number of rotatable bonds is 2. The molecule has 0 aliphatic heterocycles. The van der Waals surface area contributed by atoms with Gasteiger partial charge in [0.1, 0.15) is 0 Å². The van der Waals surface area contributed by atoms with Gasteiger partial charge in [-0.05, 0) is 6.42 Å². The van der Waals surface area contributed by atoms with Crippen LogP contribution in [-0.4, -0.2) is 11.8 Å². The molecule has 0 aliphatic carbocycles. The van der Waals surface area contributed by atoms with Gasteiger partial charge < -0.3 is 5.73 Å². The Hall–Kier alpha value is 0.600. The van der Waals surface area contributed by atoms with Gasteiger partial charge in [0.05, 0.1) is 0 Å². The first-order valence-corrected chi connectivity index (χ1v) is 2.81. The van der Waals surface area contributed by atoms with Gasteiger partial charge in [0, 0.05) is 11.8 Å². The zero-order valence-corrected chi connectivity index (χ0v) is 6.14. The molecular weight excluding hydrogens is 130 g/mol. The topological polar surface area (TPSA) is 26.0 Å². The van der Waals surface area contributed by atoms with Gasteiger partial charge >= 0.3 is 0 Å². The molecule has 46 valence electrons. The van der Waals surface area contributed by atoms with Crippen LogP contribution in [0, 0.1) is 0 Å². The van der Waals surface area contributed by atoms with Gasteiger partial charge in [-0.3, -0.25) is 0 Å². The van der Waals surface area contributed by atoms with E-state index in [1.165, 1.54) is 0 Å². The SMILES string of the molecule is CC[C@H](N)CS.Cl. The van der Waals surface area contributed by atoms with Gasteiger partial charge in [0.2, 0.25) is 0 Å². The predicted molar refractivity (Wildman–Crippen MR) is 39.4 cm³/mol. The lowest BCUT2D eigenvalue weighted by Gasteiger charge is -1.99. The van der Waals surface area contributed by atoms with Gasteiger partial charge in [0.15, 0.2) is 0 Å². The second kappa shape index (κ2) is 6.60. The summed E-state index contributed by atoms with van der Waals surface area (Å²) < 4.78 is 0. The van der Waals surface area contributed by atoms with Crippen LogP contribution in [0.5, 0.6) is 0 Å². The third-order valence-corrected chi connectivity index (χ3v) is 1.23. The Morgan fingerprint density at radius 2 is 2.14 bits per heavy atom. The van der Waals surface area contributed by atoms with Gasteiger partial charge in [-0.1, -0.05) is 6.92 Å². The largest absolute Gasteiger partial charge is 0.327 e. The molecule has 0 fully saturated rings. The zero-order chi connectivity index (χ0) is 4.99. The van der Waals surface area contributed by atoms with E-state index >= 15 is 0 Å². The highest BCUT2D eigenvalue weighted by Gasteiger charge is 1.89. The number of thiol groups is 1. The second-order valence-electron chi connectivity index (χ2n) is 1.35. The Morgan fingerprint density at radius 1 is 1.71 bits per heavy atom. The van der Waals surface area contributed by atoms with Crippen molar-refractivity contribution in [3.05, 3.63) is 0 Å². The maximum atomic E-state index is 5.40. The molecule has 0 radical (unpaired) electrons. The van der Waals surface area contributed by atoms with Crippen LogP contribution in [0.1, 0.15) is 13.3 Å². The molecule has 0 saturated heterocycles. The van der Waals surface area contributed by atoms with Crippen LogP contribution in [0.4, 0.5) is 0 Å². The highest BCUT2D eigenvalue weighted by Crippen LogP contribution is 1.85. The third kappa shape index (κ3) is 6.60. The molecule has 7 heavy (non-hydrogen) atoms. The van der Waals surface area contributed by atoms with Gasteiger partial charge in [-0.2, -0.15) is 12.6 Å². The van der Waals surface area contributed by atoms with Crippen molar-refractivity contribution in [2.24, 2.45) is 5.73 Å². The van der Waals surface area contributed by atoms with Crippen molar-refractivity contribution in [1.82, 2.24) is 0 Å². The molecule has 0 aromatic rings. The van der Waals surface area contributed by atoms with Crippen molar-refractivity contribution in [3.63, 3.8) is 0 Å². The first-order chi connectivity index (χ1) is 2.81. The number of hydrogen-bond donors (Lipinski definition) is 2. The van der Waals surface area contributed by atoms with Crippen molar-refractivity contribution >= 4 is 25.0 Å². The van der Waals surface area contributed by atoms with Crippen molar-refractivity contribution in [1.29, 1.82) is 0 Å². The van der Waals surface area contributed by atoms with E-state index in [2.05, 4.69) is 19.6 Å². The smallest absolute Gasteiger partial charge is 0.0125 e. The number of hydrogen-bond acceptors (Lipinski definition) is 2. The van der Waals surface area contributed by atoms with Gasteiger partial charge in [0.25, 0.3) is 0 Å². The van der Waals surface area contributed by atoms with E-state index in [9.17, 15) is 0 Å². The molecule has 1 nitrogen and oxygen atoms in total. The predicted octanol–water partition coefficient (Wildman–Crippen LogP) is 1.08. The van der Waals surface area contributed by atoms with E-state index < -0.39 is 0 Å². The summed E-state index contributed by atoms with van der Waals surface area (Å²) in [7, 11) is 0. The molecule has 0 spiro atoms. The third-order valence-electron chi connectivity index (χ3n) is 0.759. The molecule has 0 saturated carbocycles. The maximum absolute atomic E-state index is 5.40. The molecule has 0 heterocycles. The Morgan fingerprint density at radius 3 is 2.14 bits per heavy atom. The maximum Gasteiger partial charge on any atom is 0.0125 e. The van der Waals surface area contributed by atoms with Crippen LogP contribution in [0.25, 0.3) is 0 Å². The zero-order valence-electron chi connectivity index (χ0n) is 4.42. The first-order valence-electron chi connectivity index (χ1n) is 2.17. The lowest BCUT2D eigenvalue weighted by Crippen LogP contribution is -2.19. The van der Waals surface area contributed by atoms with E-state index in [0.29, 0.717) is 6.04 Å². The van der Waals surface area contributed by atoms with Crippen molar-refractivity contribution in [2.75, 3.05) is 5.75 Å². The van der Waals surface area contributed by atoms with E-state index in [0.717, 1.165) is 12.2 Å². The molecule has 2 N–H and O–H groups in total. The summed E-state index contributed by atoms with van der Waals surface area (Å²) in [6.07, 6.45) is 1.03. The van der Waals surface area contributed by atoms with Crippen LogP contribution < -0.4 is 5.73 Å². The van der Waals surface area contributed by atoms with E-state index in [1.54, 1.807) is 0 Å². The summed E-state index contributed by atoms with van der Waals surface area (Å²) in [6, 6.07) is 0.299. The Labute approximate surface area is 56.5 Å². The number of halogens is 1. The molecular formula is C4H12ClNS. The van der Waals surface area contributed by atoms with Crippen LogP contribution in [-0.2, 0) is 0 Å². The molecule has 0 amide bonds. The Bertz CT molecular complexity index is 30.9. The monoisotopic (exact) mass is 141 g/mol. The van der Waals surface area contributed by atoms with E-state index in [-0.39, 0.29) is 12.4 Å². The Balaban J connectivity index is 0. The summed E-state index contributed by atoms with van der Waals surface area (Å²) in [6.45, 7) is 2.06. The average molecular weight is 142 g/mol. The highest BCUT2D eigenvalue weighted by atomic mass is 35.5. The van der Waals surface area contributed by atoms with E-state index in [4.69, 9.17) is 5.73 Å². The molecule has 0 aromatic carbocycles. The van der Waals surface area contributed by atoms with Crippen LogP contribution in [0.15, 0.2) is 0 Å². The molecule has 0 bridgehead atoms. The highest BCUT2D eigenvalue weighted by molar-refractivity contribution is 7.80. The summed E-state index contributed by atoms with van der Waals surface area (Å²) in [5.74, 6) is 0.802. The fourth-order valence-corrected chi connectivity index (χ4v) is 0.387. The fraction of sp³-hybridized carbons (Fsp3) is 1.00. The van der Waals surface area contributed by atoms with Crippen molar-refractivity contribution < 1.29 is 0 Å². The minimum Gasteiger partial charge on any atom is -0.327 e. The molecule has 0 aromatic heterocycles. The van der Waals surface area contributed by atoms with Crippen molar-refractivity contribution in [3.8, 4) is 0 Å². The lowest BCUT2D eigenvalue weighted by molar-refractivity contribution is 0.727. The lowest BCUT2D eigenvalue weighted by atomic mass is 10.3. The Kier molecular flexibility index (Phi) is 9.95. The summed E-state index contributed by atoms with van der Waals surface area (Å²) >= 11 is 3.97. The second-order valence-corrected chi connectivity index (χ2v) is 1.72. The first kappa shape index (κ1) is 10.6. The summed E-state index contributed by atoms with van der Waals surface area (Å²) in [4.78, 5) is 0. The van der Waals surface area contributed by atoms with Crippen LogP contribution >= 0.6 is 25.0 Å². The van der Waals surface area contributed by atoms with Crippen molar-refractivity contribution in [2.45, 2.75) is 19.4 Å². The molecule has 3 heteroatoms.